The first-order valence-corrected chi connectivity index (χ1v) is 4.88. The molecule has 0 aliphatic heterocycles. The van der Waals surface area contributed by atoms with Gasteiger partial charge in [-0.25, -0.2) is 9.59 Å². The number of unbranched alkanes of at least 4 members (excludes halogenated alkanes) is 1. The van der Waals surface area contributed by atoms with Crippen LogP contribution in [0.2, 0.25) is 0 Å². The summed E-state index contributed by atoms with van der Waals surface area (Å²) in [5.74, 6) is -2.51. The Balaban J connectivity index is 0. The third kappa shape index (κ3) is 18.2. The highest BCUT2D eigenvalue weighted by molar-refractivity contribution is 5.89. The van der Waals surface area contributed by atoms with Crippen molar-refractivity contribution in [3.8, 4) is 0 Å². The smallest absolute Gasteiger partial charge is 0.328 e. The van der Waals surface area contributed by atoms with Gasteiger partial charge in [-0.2, -0.15) is 0 Å². The molecule has 0 aromatic rings. The molecule has 0 radical (unpaired) electrons. The van der Waals surface area contributed by atoms with Gasteiger partial charge in [-0.05, 0) is 6.42 Å². The average molecular weight is 230 g/mol. The molecule has 0 aliphatic rings. The summed E-state index contributed by atoms with van der Waals surface area (Å²) in [5.41, 5.74) is 0. The second-order valence-electron chi connectivity index (χ2n) is 2.96. The molecule has 0 heterocycles. The van der Waals surface area contributed by atoms with E-state index >= 15 is 0 Å². The Morgan fingerprint density at radius 3 is 1.94 bits per heavy atom. The lowest BCUT2D eigenvalue weighted by Crippen LogP contribution is -1.99. The first kappa shape index (κ1) is 16.8. The molecular weight excluding hydrogens is 212 g/mol. The minimum absolute atomic E-state index is 0.282. The van der Waals surface area contributed by atoms with Gasteiger partial charge < -0.3 is 15.3 Å². The van der Waals surface area contributed by atoms with Gasteiger partial charge in [0.25, 0.3) is 0 Å². The van der Waals surface area contributed by atoms with Crippen molar-refractivity contribution in [2.24, 2.45) is 0 Å². The molecule has 0 fully saturated rings. The van der Waals surface area contributed by atoms with Gasteiger partial charge in [-0.1, -0.05) is 25.8 Å². The summed E-state index contributed by atoms with van der Waals surface area (Å²) >= 11 is 0. The lowest BCUT2D eigenvalue weighted by atomic mass is 10.2. The molecule has 92 valence electrons. The molecule has 1 atom stereocenters. The molecule has 0 amide bonds. The van der Waals surface area contributed by atoms with Crippen LogP contribution in [0, 0.1) is 0 Å². The molecule has 0 aromatic heterocycles. The summed E-state index contributed by atoms with van der Waals surface area (Å²) in [6, 6.07) is 0. The molecule has 0 saturated carbocycles. The Morgan fingerprint density at radius 2 is 1.69 bits per heavy atom. The normalized spacial score (nSPS) is 11.4. The largest absolute Gasteiger partial charge is 0.478 e. The molecular formula is C11H18O5. The fourth-order valence-electron chi connectivity index (χ4n) is 0.674. The zero-order chi connectivity index (χ0) is 13.0. The summed E-state index contributed by atoms with van der Waals surface area (Å²) < 4.78 is 0. The van der Waals surface area contributed by atoms with Crippen molar-refractivity contribution >= 4 is 11.9 Å². The first-order valence-electron chi connectivity index (χ1n) is 4.88. The summed E-state index contributed by atoms with van der Waals surface area (Å²) in [6.45, 7) is 5.57. The van der Waals surface area contributed by atoms with Gasteiger partial charge in [-0.3, -0.25) is 0 Å². The molecule has 0 aliphatic carbocycles. The third-order valence-corrected chi connectivity index (χ3v) is 1.49. The summed E-state index contributed by atoms with van der Waals surface area (Å²) in [4.78, 5) is 19.1. The van der Waals surface area contributed by atoms with Crippen LogP contribution < -0.4 is 0 Å². The topological polar surface area (TPSA) is 94.8 Å². The number of hydrogen-bond donors (Lipinski definition) is 3. The predicted molar refractivity (Wildman–Crippen MR) is 60.1 cm³/mol. The minimum Gasteiger partial charge on any atom is -0.478 e. The molecule has 3 N–H and O–H groups in total. The fraction of sp³-hybridized carbons (Fsp3) is 0.455. The van der Waals surface area contributed by atoms with E-state index in [9.17, 15) is 9.59 Å². The standard InChI is InChI=1S/C7H14O.C4H4O4/c1-3-5-6-7(8)4-2;5-3(6)1-2-4(7)8/h4,7-8H,2-3,5-6H2,1H3;1-2H,(H,5,6)(H,7,8)/b;2-1-. The zero-order valence-electron chi connectivity index (χ0n) is 9.30. The van der Waals surface area contributed by atoms with Crippen LogP contribution in [0.4, 0.5) is 0 Å². The van der Waals surface area contributed by atoms with Crippen molar-refractivity contribution in [2.45, 2.75) is 32.3 Å². The van der Waals surface area contributed by atoms with E-state index in [1.54, 1.807) is 6.08 Å². The molecule has 16 heavy (non-hydrogen) atoms. The van der Waals surface area contributed by atoms with Gasteiger partial charge in [0.05, 0.1) is 6.10 Å². The van der Waals surface area contributed by atoms with Gasteiger partial charge in [0.1, 0.15) is 0 Å². The van der Waals surface area contributed by atoms with Crippen LogP contribution in [0.3, 0.4) is 0 Å². The van der Waals surface area contributed by atoms with Gasteiger partial charge in [-0.15, -0.1) is 6.58 Å². The van der Waals surface area contributed by atoms with Crippen LogP contribution in [-0.4, -0.2) is 33.4 Å². The predicted octanol–water partition coefficient (Wildman–Crippen LogP) is 1.44. The quantitative estimate of drug-likeness (QED) is 0.474. The van der Waals surface area contributed by atoms with E-state index in [-0.39, 0.29) is 6.10 Å². The number of aliphatic hydroxyl groups excluding tert-OH is 1. The van der Waals surface area contributed by atoms with Crippen LogP contribution >= 0.6 is 0 Å². The van der Waals surface area contributed by atoms with Crippen LogP contribution in [-0.2, 0) is 9.59 Å². The molecule has 5 heteroatoms. The zero-order valence-corrected chi connectivity index (χ0v) is 9.30. The van der Waals surface area contributed by atoms with Crippen LogP contribution in [0.25, 0.3) is 0 Å². The Labute approximate surface area is 94.7 Å². The van der Waals surface area contributed by atoms with Crippen molar-refractivity contribution < 1.29 is 24.9 Å². The van der Waals surface area contributed by atoms with Crippen molar-refractivity contribution in [3.63, 3.8) is 0 Å². The molecule has 0 spiro atoms. The number of aliphatic carboxylic acids is 2. The molecule has 1 unspecified atom stereocenters. The van der Waals surface area contributed by atoms with Crippen molar-refractivity contribution in [2.75, 3.05) is 0 Å². The van der Waals surface area contributed by atoms with Crippen molar-refractivity contribution in [1.29, 1.82) is 0 Å². The highest BCUT2D eigenvalue weighted by atomic mass is 16.4. The lowest BCUT2D eigenvalue weighted by Gasteiger charge is -2.00. The van der Waals surface area contributed by atoms with E-state index < -0.39 is 11.9 Å². The number of carboxylic acid groups (broad SMARTS) is 2. The van der Waals surface area contributed by atoms with Crippen LogP contribution in [0.1, 0.15) is 26.2 Å². The number of carbonyl (C=O) groups is 2. The van der Waals surface area contributed by atoms with E-state index in [2.05, 4.69) is 13.5 Å². The Morgan fingerprint density at radius 1 is 1.25 bits per heavy atom. The summed E-state index contributed by atoms with van der Waals surface area (Å²) in [7, 11) is 0. The van der Waals surface area contributed by atoms with Gasteiger partial charge in [0.15, 0.2) is 0 Å². The van der Waals surface area contributed by atoms with E-state index in [0.29, 0.717) is 12.2 Å². The second kappa shape index (κ2) is 11.5. The highest BCUT2D eigenvalue weighted by Crippen LogP contribution is 1.99. The Hall–Kier alpha value is -1.62. The number of rotatable bonds is 6. The number of hydrogen-bond acceptors (Lipinski definition) is 3. The van der Waals surface area contributed by atoms with E-state index in [4.69, 9.17) is 15.3 Å². The number of aliphatic hydroxyl groups is 1. The Kier molecular flexibility index (Phi) is 12.0. The van der Waals surface area contributed by atoms with Crippen LogP contribution in [0.5, 0.6) is 0 Å². The molecule has 0 saturated heterocycles. The van der Waals surface area contributed by atoms with Gasteiger partial charge >= 0.3 is 11.9 Å². The maximum Gasteiger partial charge on any atom is 0.328 e. The van der Waals surface area contributed by atoms with Gasteiger partial charge in [0.2, 0.25) is 0 Å². The molecule has 5 nitrogen and oxygen atoms in total. The van der Waals surface area contributed by atoms with E-state index in [1.807, 2.05) is 0 Å². The molecule has 0 bridgehead atoms. The van der Waals surface area contributed by atoms with Gasteiger partial charge in [0, 0.05) is 12.2 Å². The number of carboxylic acids is 2. The average Bonchev–Trinajstić information content (AvgIpc) is 2.23. The van der Waals surface area contributed by atoms with Crippen molar-refractivity contribution in [1.82, 2.24) is 0 Å². The maximum atomic E-state index is 9.55. The third-order valence-electron chi connectivity index (χ3n) is 1.49. The van der Waals surface area contributed by atoms with E-state index in [0.717, 1.165) is 19.3 Å². The van der Waals surface area contributed by atoms with Crippen LogP contribution in [0.15, 0.2) is 24.8 Å². The highest BCUT2D eigenvalue weighted by Gasteiger charge is 1.93. The molecule has 0 rings (SSSR count). The first-order chi connectivity index (χ1) is 7.43. The maximum absolute atomic E-state index is 9.55. The lowest BCUT2D eigenvalue weighted by molar-refractivity contribution is -0.134. The summed E-state index contributed by atoms with van der Waals surface area (Å²) in [5, 5.41) is 24.5. The second-order valence-corrected chi connectivity index (χ2v) is 2.96. The monoisotopic (exact) mass is 230 g/mol. The summed E-state index contributed by atoms with van der Waals surface area (Å²) in [6.07, 6.45) is 5.51. The van der Waals surface area contributed by atoms with E-state index in [1.165, 1.54) is 0 Å². The molecule has 0 aromatic carbocycles. The van der Waals surface area contributed by atoms with Crippen molar-refractivity contribution in [3.05, 3.63) is 24.8 Å². The fourth-order valence-corrected chi connectivity index (χ4v) is 0.674. The minimum atomic E-state index is -1.26. The Bertz CT molecular complexity index is 229. The SMILES string of the molecule is C=CC(O)CCCC.O=C(O)/C=C\C(=O)O.